The van der Waals surface area contributed by atoms with Crippen LogP contribution in [0.4, 0.5) is 4.39 Å². The fraction of sp³-hybridized carbons (Fsp3) is 0.118. The Hall–Kier alpha value is -2.86. The second kappa shape index (κ2) is 6.50. The van der Waals surface area contributed by atoms with Gasteiger partial charge in [-0.1, -0.05) is 6.07 Å². The van der Waals surface area contributed by atoms with Crippen LogP contribution in [0.2, 0.25) is 0 Å². The van der Waals surface area contributed by atoms with Gasteiger partial charge in [0.15, 0.2) is 17.2 Å². The molecular weight excluding hydrogens is 297 g/mol. The average Bonchev–Trinajstić information content (AvgIpc) is 3.03. The Labute approximate surface area is 132 Å². The van der Waals surface area contributed by atoms with Crippen molar-refractivity contribution in [2.45, 2.75) is 6.54 Å². The predicted octanol–water partition coefficient (Wildman–Crippen LogP) is 3.48. The molecule has 0 aliphatic rings. The Morgan fingerprint density at radius 1 is 1.09 bits per heavy atom. The average molecular weight is 313 g/mol. The number of rotatable bonds is 5. The van der Waals surface area contributed by atoms with E-state index in [0.717, 1.165) is 11.1 Å². The maximum Gasteiger partial charge on any atom is 0.173 e. The van der Waals surface area contributed by atoms with Gasteiger partial charge in [0.25, 0.3) is 0 Å². The molecule has 1 heterocycles. The lowest BCUT2D eigenvalue weighted by Crippen LogP contribution is -1.98. The Balaban J connectivity index is 1.96. The molecule has 2 aromatic carbocycles. The molecule has 0 amide bonds. The lowest BCUT2D eigenvalue weighted by Gasteiger charge is -2.11. The van der Waals surface area contributed by atoms with Gasteiger partial charge < -0.3 is 15.2 Å². The van der Waals surface area contributed by atoms with Gasteiger partial charge in [-0.25, -0.2) is 4.39 Å². The highest BCUT2D eigenvalue weighted by molar-refractivity contribution is 5.66. The highest BCUT2D eigenvalue weighted by Gasteiger charge is 2.13. The van der Waals surface area contributed by atoms with E-state index in [2.05, 4.69) is 10.2 Å². The lowest BCUT2D eigenvalue weighted by molar-refractivity contribution is 0.379. The first kappa shape index (κ1) is 15.1. The van der Waals surface area contributed by atoms with Crippen molar-refractivity contribution in [1.29, 1.82) is 0 Å². The minimum atomic E-state index is -0.298. The maximum atomic E-state index is 13.1. The summed E-state index contributed by atoms with van der Waals surface area (Å²) < 4.78 is 24.3. The second-order valence-corrected chi connectivity index (χ2v) is 4.91. The summed E-state index contributed by atoms with van der Waals surface area (Å²) in [6.07, 6.45) is 1.56. The van der Waals surface area contributed by atoms with Crippen LogP contribution >= 0.6 is 0 Å². The molecule has 23 heavy (non-hydrogen) atoms. The Bertz CT molecular complexity index is 800. The summed E-state index contributed by atoms with van der Waals surface area (Å²) in [6, 6.07) is 11.6. The molecule has 118 valence electrons. The number of benzene rings is 2. The van der Waals surface area contributed by atoms with E-state index in [0.29, 0.717) is 29.5 Å². The normalized spacial score (nSPS) is 10.6. The fourth-order valence-electron chi connectivity index (χ4n) is 2.22. The van der Waals surface area contributed by atoms with Crippen molar-refractivity contribution in [2.24, 2.45) is 5.73 Å². The van der Waals surface area contributed by atoms with Crippen LogP contribution in [0.1, 0.15) is 5.56 Å². The first-order valence-corrected chi connectivity index (χ1v) is 7.05. The van der Waals surface area contributed by atoms with E-state index in [4.69, 9.17) is 15.2 Å². The maximum absolute atomic E-state index is 13.1. The molecule has 0 aliphatic carbocycles. The number of aromatic nitrogens is 2. The van der Waals surface area contributed by atoms with Gasteiger partial charge in [0, 0.05) is 12.1 Å². The minimum Gasteiger partial charge on any atom is -0.493 e. The van der Waals surface area contributed by atoms with Crippen LogP contribution in [0.15, 0.2) is 48.7 Å². The summed E-state index contributed by atoms with van der Waals surface area (Å²) in [6.45, 7) is 0.399. The number of ether oxygens (including phenoxy) is 2. The van der Waals surface area contributed by atoms with Crippen LogP contribution < -0.4 is 15.2 Å². The summed E-state index contributed by atoms with van der Waals surface area (Å²) in [5.74, 6) is 1.35. The van der Waals surface area contributed by atoms with Crippen LogP contribution in [0.3, 0.4) is 0 Å². The number of halogens is 1. The Kier molecular flexibility index (Phi) is 4.25. The third-order valence-corrected chi connectivity index (χ3v) is 3.42. The van der Waals surface area contributed by atoms with Crippen molar-refractivity contribution < 1.29 is 13.9 Å². The number of nitrogens with zero attached hydrogens (tertiary/aromatic N) is 1. The molecule has 0 unspecified atom stereocenters. The van der Waals surface area contributed by atoms with Gasteiger partial charge in [0.1, 0.15) is 11.5 Å². The number of methoxy groups -OCH3 is 1. The quantitative estimate of drug-likeness (QED) is 0.756. The molecule has 0 aliphatic heterocycles. The van der Waals surface area contributed by atoms with Crippen LogP contribution in [0.5, 0.6) is 17.2 Å². The standard InChI is InChI=1S/C17H16FN3O2/c1-22-14-7-2-11(9-19)8-15(14)23-16-10-20-21-17(16)12-3-5-13(18)6-4-12/h2-8,10H,9,19H2,1H3,(H,20,21). The molecule has 3 N–H and O–H groups in total. The molecule has 3 aromatic rings. The number of H-pyrrole nitrogens is 1. The van der Waals surface area contributed by atoms with Gasteiger partial charge in [-0.05, 0) is 42.0 Å². The number of hydrogen-bond acceptors (Lipinski definition) is 4. The first-order chi connectivity index (χ1) is 11.2. The lowest BCUT2D eigenvalue weighted by atomic mass is 10.1. The molecular formula is C17H16FN3O2. The molecule has 0 saturated carbocycles. The summed E-state index contributed by atoms with van der Waals surface area (Å²) in [5.41, 5.74) is 8.02. The molecule has 3 rings (SSSR count). The van der Waals surface area contributed by atoms with Crippen molar-refractivity contribution in [3.63, 3.8) is 0 Å². The molecule has 6 heteroatoms. The number of aromatic amines is 1. The van der Waals surface area contributed by atoms with Gasteiger partial charge in [0.05, 0.1) is 13.3 Å². The summed E-state index contributed by atoms with van der Waals surface area (Å²) >= 11 is 0. The van der Waals surface area contributed by atoms with Crippen LogP contribution in [-0.2, 0) is 6.54 Å². The van der Waals surface area contributed by atoms with E-state index < -0.39 is 0 Å². The van der Waals surface area contributed by atoms with E-state index in [1.54, 1.807) is 31.5 Å². The van der Waals surface area contributed by atoms with Crippen molar-refractivity contribution >= 4 is 0 Å². The van der Waals surface area contributed by atoms with Gasteiger partial charge in [-0.3, -0.25) is 5.10 Å². The molecule has 1 aromatic heterocycles. The third kappa shape index (κ3) is 3.17. The van der Waals surface area contributed by atoms with Crippen LogP contribution in [0.25, 0.3) is 11.3 Å². The molecule has 0 bridgehead atoms. The topological polar surface area (TPSA) is 73.2 Å². The number of hydrogen-bond donors (Lipinski definition) is 2. The molecule has 0 radical (unpaired) electrons. The highest BCUT2D eigenvalue weighted by atomic mass is 19.1. The second-order valence-electron chi connectivity index (χ2n) is 4.91. The number of nitrogens with one attached hydrogen (secondary N) is 1. The van der Waals surface area contributed by atoms with E-state index in [9.17, 15) is 4.39 Å². The van der Waals surface area contributed by atoms with E-state index >= 15 is 0 Å². The van der Waals surface area contributed by atoms with Gasteiger partial charge in [-0.2, -0.15) is 5.10 Å². The molecule has 0 spiro atoms. The van der Waals surface area contributed by atoms with Crippen molar-refractivity contribution in [3.8, 4) is 28.5 Å². The smallest absolute Gasteiger partial charge is 0.173 e. The Morgan fingerprint density at radius 2 is 1.87 bits per heavy atom. The van der Waals surface area contributed by atoms with Crippen molar-refractivity contribution in [1.82, 2.24) is 10.2 Å². The highest BCUT2D eigenvalue weighted by Crippen LogP contribution is 2.36. The number of nitrogens with two attached hydrogens (primary N) is 1. The van der Waals surface area contributed by atoms with E-state index in [-0.39, 0.29) is 5.82 Å². The fourth-order valence-corrected chi connectivity index (χ4v) is 2.22. The molecule has 0 saturated heterocycles. The van der Waals surface area contributed by atoms with Crippen LogP contribution in [-0.4, -0.2) is 17.3 Å². The zero-order valence-electron chi connectivity index (χ0n) is 12.5. The summed E-state index contributed by atoms with van der Waals surface area (Å²) in [7, 11) is 1.57. The summed E-state index contributed by atoms with van der Waals surface area (Å²) in [4.78, 5) is 0. The van der Waals surface area contributed by atoms with Crippen molar-refractivity contribution in [2.75, 3.05) is 7.11 Å². The van der Waals surface area contributed by atoms with Crippen LogP contribution in [0, 0.1) is 5.82 Å². The minimum absolute atomic E-state index is 0.298. The third-order valence-electron chi connectivity index (χ3n) is 3.42. The first-order valence-electron chi connectivity index (χ1n) is 7.05. The SMILES string of the molecule is COc1ccc(CN)cc1Oc1cn[nH]c1-c1ccc(F)cc1. The zero-order valence-corrected chi connectivity index (χ0v) is 12.5. The van der Waals surface area contributed by atoms with E-state index in [1.165, 1.54) is 12.1 Å². The zero-order chi connectivity index (χ0) is 16.2. The van der Waals surface area contributed by atoms with Gasteiger partial charge in [-0.15, -0.1) is 0 Å². The Morgan fingerprint density at radius 3 is 2.57 bits per heavy atom. The van der Waals surface area contributed by atoms with Gasteiger partial charge >= 0.3 is 0 Å². The predicted molar refractivity (Wildman–Crippen MR) is 84.9 cm³/mol. The largest absolute Gasteiger partial charge is 0.493 e. The van der Waals surface area contributed by atoms with Gasteiger partial charge in [0.2, 0.25) is 0 Å². The monoisotopic (exact) mass is 313 g/mol. The van der Waals surface area contributed by atoms with Crippen molar-refractivity contribution in [3.05, 3.63) is 60.0 Å². The summed E-state index contributed by atoms with van der Waals surface area (Å²) in [5, 5.41) is 6.87. The van der Waals surface area contributed by atoms with E-state index in [1.807, 2.05) is 12.1 Å². The molecule has 0 fully saturated rings. The molecule has 0 atom stereocenters. The molecule has 5 nitrogen and oxygen atoms in total.